The molecule has 0 radical (unpaired) electrons. The van der Waals surface area contributed by atoms with Gasteiger partial charge in [0, 0.05) is 19.6 Å². The zero-order chi connectivity index (χ0) is 16.4. The van der Waals surface area contributed by atoms with Crippen molar-refractivity contribution in [1.29, 1.82) is 0 Å². The summed E-state index contributed by atoms with van der Waals surface area (Å²) in [7, 11) is -1.13. The van der Waals surface area contributed by atoms with Crippen molar-refractivity contribution in [1.82, 2.24) is 15.5 Å². The molecular weight excluding hydrogens is 427 g/mol. The fraction of sp³-hybridized carbons (Fsp3) is 0.933. The monoisotopic (exact) mass is 460 g/mol. The van der Waals surface area contributed by atoms with Crippen LogP contribution in [0, 0.1) is 0 Å². The molecule has 138 valence electrons. The van der Waals surface area contributed by atoms with Crippen molar-refractivity contribution in [3.8, 4) is 0 Å². The largest absolute Gasteiger partial charge is 0.356 e. The van der Waals surface area contributed by atoms with E-state index in [0.29, 0.717) is 12.4 Å². The van der Waals surface area contributed by atoms with Gasteiger partial charge in [0.25, 0.3) is 0 Å². The minimum Gasteiger partial charge on any atom is -0.356 e. The second-order valence-electron chi connectivity index (χ2n) is 5.94. The molecule has 0 saturated carbocycles. The predicted octanol–water partition coefficient (Wildman–Crippen LogP) is 1.47. The van der Waals surface area contributed by atoms with E-state index >= 15 is 0 Å². The molecule has 0 bridgehead atoms. The first kappa shape index (κ1) is 22.9. The standard InChI is InChI=1S/C15H32N4O2S.HI/c1-4-9-19(10-5-2)11-6-8-17-15(16-3)18-14-7-12-22(20,21)13-14;/h14H,4-13H2,1-3H3,(H2,16,17,18);1H. The van der Waals surface area contributed by atoms with Crippen molar-refractivity contribution in [3.05, 3.63) is 0 Å². The van der Waals surface area contributed by atoms with Crippen LogP contribution in [-0.4, -0.2) is 70.1 Å². The molecule has 0 aromatic carbocycles. The Balaban J connectivity index is 0.00000484. The molecule has 0 amide bonds. The Morgan fingerprint density at radius 2 is 1.87 bits per heavy atom. The molecule has 1 unspecified atom stereocenters. The summed E-state index contributed by atoms with van der Waals surface area (Å²) in [6.45, 7) is 8.67. The summed E-state index contributed by atoms with van der Waals surface area (Å²) in [6.07, 6.45) is 4.10. The van der Waals surface area contributed by atoms with Crippen LogP contribution < -0.4 is 10.6 Å². The van der Waals surface area contributed by atoms with Gasteiger partial charge in [0.15, 0.2) is 15.8 Å². The third kappa shape index (κ3) is 9.71. The zero-order valence-electron chi connectivity index (χ0n) is 14.7. The third-order valence-corrected chi connectivity index (χ3v) is 5.59. The average Bonchev–Trinajstić information content (AvgIpc) is 2.81. The van der Waals surface area contributed by atoms with Gasteiger partial charge in [0.2, 0.25) is 0 Å². The minimum atomic E-state index is -2.85. The van der Waals surface area contributed by atoms with E-state index in [4.69, 9.17) is 0 Å². The molecule has 1 saturated heterocycles. The van der Waals surface area contributed by atoms with Crippen LogP contribution in [0.3, 0.4) is 0 Å². The molecule has 1 rings (SSSR count). The van der Waals surface area contributed by atoms with Gasteiger partial charge in [0.1, 0.15) is 0 Å². The molecule has 1 aliphatic rings. The molecule has 0 aromatic heterocycles. The van der Waals surface area contributed by atoms with Crippen molar-refractivity contribution in [3.63, 3.8) is 0 Å². The molecule has 0 spiro atoms. The first-order chi connectivity index (χ1) is 10.5. The van der Waals surface area contributed by atoms with Crippen LogP contribution in [0.15, 0.2) is 4.99 Å². The number of guanidine groups is 1. The highest BCUT2D eigenvalue weighted by Crippen LogP contribution is 2.10. The first-order valence-corrected chi connectivity index (χ1v) is 10.2. The molecule has 1 heterocycles. The molecular formula is C15H33IN4O2S. The lowest BCUT2D eigenvalue weighted by Gasteiger charge is -2.21. The molecule has 0 aliphatic carbocycles. The van der Waals surface area contributed by atoms with Gasteiger partial charge in [-0.25, -0.2) is 8.42 Å². The second kappa shape index (κ2) is 12.3. The Kier molecular flexibility index (Phi) is 12.2. The fourth-order valence-electron chi connectivity index (χ4n) is 2.77. The average molecular weight is 460 g/mol. The highest BCUT2D eigenvalue weighted by atomic mass is 127. The molecule has 23 heavy (non-hydrogen) atoms. The van der Waals surface area contributed by atoms with Crippen molar-refractivity contribution in [2.75, 3.05) is 44.7 Å². The predicted molar refractivity (Wildman–Crippen MR) is 109 cm³/mol. The maximum atomic E-state index is 11.5. The fourth-order valence-corrected chi connectivity index (χ4v) is 4.45. The Hall–Kier alpha value is -0.0900. The van der Waals surface area contributed by atoms with Crippen LogP contribution in [0.1, 0.15) is 39.5 Å². The maximum Gasteiger partial charge on any atom is 0.191 e. The molecule has 8 heteroatoms. The molecule has 1 aliphatic heterocycles. The summed E-state index contributed by atoms with van der Waals surface area (Å²) < 4.78 is 22.9. The van der Waals surface area contributed by atoms with Gasteiger partial charge in [-0.2, -0.15) is 0 Å². The number of halogens is 1. The molecule has 2 N–H and O–H groups in total. The smallest absolute Gasteiger partial charge is 0.191 e. The number of hydrogen-bond acceptors (Lipinski definition) is 4. The minimum absolute atomic E-state index is 0. The van der Waals surface area contributed by atoms with E-state index < -0.39 is 9.84 Å². The second-order valence-corrected chi connectivity index (χ2v) is 8.17. The third-order valence-electron chi connectivity index (χ3n) is 3.82. The maximum absolute atomic E-state index is 11.5. The van der Waals surface area contributed by atoms with E-state index in [1.54, 1.807) is 7.05 Å². The van der Waals surface area contributed by atoms with E-state index in [-0.39, 0.29) is 41.5 Å². The van der Waals surface area contributed by atoms with Gasteiger partial charge in [-0.1, -0.05) is 13.8 Å². The van der Waals surface area contributed by atoms with Crippen LogP contribution in [0.4, 0.5) is 0 Å². The lowest BCUT2D eigenvalue weighted by Crippen LogP contribution is -2.44. The van der Waals surface area contributed by atoms with Crippen LogP contribution in [0.2, 0.25) is 0 Å². The van der Waals surface area contributed by atoms with Crippen LogP contribution >= 0.6 is 24.0 Å². The summed E-state index contributed by atoms with van der Waals surface area (Å²) in [5.41, 5.74) is 0. The van der Waals surface area contributed by atoms with Gasteiger partial charge in [-0.15, -0.1) is 24.0 Å². The quantitative estimate of drug-likeness (QED) is 0.236. The number of rotatable bonds is 9. The van der Waals surface area contributed by atoms with E-state index in [1.165, 1.54) is 12.8 Å². The van der Waals surface area contributed by atoms with Gasteiger partial charge < -0.3 is 15.5 Å². The highest BCUT2D eigenvalue weighted by molar-refractivity contribution is 14.0. The Bertz CT molecular complexity index is 437. The summed E-state index contributed by atoms with van der Waals surface area (Å²) in [5.74, 6) is 1.21. The van der Waals surface area contributed by atoms with Gasteiger partial charge in [-0.05, 0) is 45.3 Å². The Morgan fingerprint density at radius 3 is 2.35 bits per heavy atom. The summed E-state index contributed by atoms with van der Waals surface area (Å²) in [6, 6.07) is -0.00659. The Labute approximate surface area is 158 Å². The van der Waals surface area contributed by atoms with Crippen LogP contribution in [-0.2, 0) is 9.84 Å². The normalized spacial score (nSPS) is 20.3. The van der Waals surface area contributed by atoms with E-state index in [0.717, 1.165) is 32.6 Å². The van der Waals surface area contributed by atoms with Crippen molar-refractivity contribution in [2.24, 2.45) is 4.99 Å². The number of sulfone groups is 1. The molecule has 1 atom stereocenters. The number of aliphatic imine (C=N–C) groups is 1. The summed E-state index contributed by atoms with van der Waals surface area (Å²) >= 11 is 0. The van der Waals surface area contributed by atoms with Crippen molar-refractivity contribution in [2.45, 2.75) is 45.6 Å². The van der Waals surface area contributed by atoms with E-state index in [2.05, 4.69) is 34.4 Å². The summed E-state index contributed by atoms with van der Waals surface area (Å²) in [5, 5.41) is 6.49. The summed E-state index contributed by atoms with van der Waals surface area (Å²) in [4.78, 5) is 6.66. The van der Waals surface area contributed by atoms with Crippen LogP contribution in [0.25, 0.3) is 0 Å². The van der Waals surface area contributed by atoms with Crippen LogP contribution in [0.5, 0.6) is 0 Å². The topological polar surface area (TPSA) is 73.8 Å². The lowest BCUT2D eigenvalue weighted by molar-refractivity contribution is 0.271. The van der Waals surface area contributed by atoms with E-state index in [9.17, 15) is 8.42 Å². The van der Waals surface area contributed by atoms with Crippen molar-refractivity contribution < 1.29 is 8.42 Å². The van der Waals surface area contributed by atoms with E-state index in [1.807, 2.05) is 0 Å². The number of hydrogen-bond donors (Lipinski definition) is 2. The lowest BCUT2D eigenvalue weighted by atomic mass is 10.3. The number of nitrogens with one attached hydrogen (secondary N) is 2. The van der Waals surface area contributed by atoms with Gasteiger partial charge in [0.05, 0.1) is 11.5 Å². The SMILES string of the molecule is CCCN(CCC)CCCNC(=NC)NC1CCS(=O)(=O)C1.I. The van der Waals surface area contributed by atoms with Gasteiger partial charge in [-0.3, -0.25) is 4.99 Å². The van der Waals surface area contributed by atoms with Gasteiger partial charge >= 0.3 is 0 Å². The Morgan fingerprint density at radius 1 is 1.22 bits per heavy atom. The first-order valence-electron chi connectivity index (χ1n) is 8.40. The molecule has 1 fully saturated rings. The number of nitrogens with zero attached hydrogens (tertiary/aromatic N) is 2. The zero-order valence-corrected chi connectivity index (χ0v) is 17.8. The molecule has 6 nitrogen and oxygen atoms in total. The molecule has 0 aromatic rings. The highest BCUT2D eigenvalue weighted by Gasteiger charge is 2.28. The van der Waals surface area contributed by atoms with Crippen molar-refractivity contribution >= 4 is 39.8 Å².